The first-order chi connectivity index (χ1) is 17.2. The van der Waals surface area contributed by atoms with Crippen LogP contribution < -0.4 is 15.2 Å². The zero-order valence-electron chi connectivity index (χ0n) is 22.4. The SMILES string of the molecule is CC(=O)O[C@@H](C)CC(N)(Cc1ccc(OC(=O)OCCC(C)C)c(OC(=O)OCCC(C)C)c1)C(=O)O. The first-order valence-electron chi connectivity index (χ1n) is 12.2. The van der Waals surface area contributed by atoms with Crippen molar-refractivity contribution in [1.82, 2.24) is 0 Å². The summed E-state index contributed by atoms with van der Waals surface area (Å²) in [7, 11) is 0. The van der Waals surface area contributed by atoms with Crippen LogP contribution >= 0.6 is 0 Å². The highest BCUT2D eigenvalue weighted by Crippen LogP contribution is 2.31. The molecular weight excluding hydrogens is 486 g/mol. The predicted molar refractivity (Wildman–Crippen MR) is 133 cm³/mol. The Hall–Kier alpha value is -3.34. The minimum absolute atomic E-state index is 0.120. The molecule has 1 aromatic carbocycles. The quantitative estimate of drug-likeness (QED) is 0.200. The van der Waals surface area contributed by atoms with E-state index in [0.717, 1.165) is 0 Å². The average molecular weight is 526 g/mol. The lowest BCUT2D eigenvalue weighted by atomic mass is 9.86. The number of carboxylic acid groups (broad SMARTS) is 1. The van der Waals surface area contributed by atoms with Crippen molar-refractivity contribution < 1.29 is 48.0 Å². The van der Waals surface area contributed by atoms with Crippen molar-refractivity contribution in [3.63, 3.8) is 0 Å². The molecule has 0 spiro atoms. The number of nitrogens with two attached hydrogens (primary N) is 1. The molecule has 0 bridgehead atoms. The van der Waals surface area contributed by atoms with Gasteiger partial charge in [0.1, 0.15) is 11.6 Å². The lowest BCUT2D eigenvalue weighted by Gasteiger charge is -2.28. The van der Waals surface area contributed by atoms with E-state index in [1.807, 2.05) is 27.7 Å². The molecule has 1 aromatic rings. The fourth-order valence-electron chi connectivity index (χ4n) is 3.26. The summed E-state index contributed by atoms with van der Waals surface area (Å²) >= 11 is 0. The fraction of sp³-hybridized carbons (Fsp3) is 0.615. The molecule has 0 heterocycles. The number of hydrogen-bond donors (Lipinski definition) is 2. The van der Waals surface area contributed by atoms with Crippen LogP contribution in [0.2, 0.25) is 0 Å². The van der Waals surface area contributed by atoms with Crippen LogP contribution in [0.25, 0.3) is 0 Å². The van der Waals surface area contributed by atoms with E-state index in [9.17, 15) is 24.3 Å². The third-order valence-electron chi connectivity index (χ3n) is 5.19. The van der Waals surface area contributed by atoms with Crippen molar-refractivity contribution in [2.24, 2.45) is 17.6 Å². The van der Waals surface area contributed by atoms with Crippen LogP contribution in [-0.2, 0) is 30.2 Å². The molecule has 208 valence electrons. The summed E-state index contributed by atoms with van der Waals surface area (Å²) in [5.74, 6) is -1.54. The van der Waals surface area contributed by atoms with Crippen LogP contribution in [0.1, 0.15) is 66.4 Å². The van der Waals surface area contributed by atoms with Gasteiger partial charge in [-0.05, 0) is 49.3 Å². The number of rotatable bonds is 14. The van der Waals surface area contributed by atoms with Crippen molar-refractivity contribution in [2.45, 2.75) is 78.9 Å². The summed E-state index contributed by atoms with van der Waals surface area (Å²) in [6, 6.07) is 4.16. The summed E-state index contributed by atoms with van der Waals surface area (Å²) < 4.78 is 25.6. The van der Waals surface area contributed by atoms with Gasteiger partial charge in [-0.25, -0.2) is 9.59 Å². The van der Waals surface area contributed by atoms with E-state index in [0.29, 0.717) is 30.2 Å². The maximum Gasteiger partial charge on any atom is 0.513 e. The Labute approximate surface area is 217 Å². The smallest absolute Gasteiger partial charge is 0.480 e. The zero-order chi connectivity index (χ0) is 28.2. The van der Waals surface area contributed by atoms with Gasteiger partial charge in [-0.15, -0.1) is 0 Å². The third kappa shape index (κ3) is 12.4. The predicted octanol–water partition coefficient (Wildman–Crippen LogP) is 4.48. The van der Waals surface area contributed by atoms with Crippen LogP contribution in [0.5, 0.6) is 11.5 Å². The van der Waals surface area contributed by atoms with Crippen molar-refractivity contribution >= 4 is 24.2 Å². The Balaban J connectivity index is 3.13. The number of aliphatic carboxylic acids is 1. The van der Waals surface area contributed by atoms with Crippen LogP contribution in [-0.4, -0.2) is 54.2 Å². The van der Waals surface area contributed by atoms with E-state index in [2.05, 4.69) is 0 Å². The van der Waals surface area contributed by atoms with Crippen molar-refractivity contribution in [3.05, 3.63) is 23.8 Å². The lowest BCUT2D eigenvalue weighted by molar-refractivity contribution is -0.151. The number of esters is 1. The molecule has 0 saturated heterocycles. The molecule has 37 heavy (non-hydrogen) atoms. The molecule has 1 unspecified atom stereocenters. The van der Waals surface area contributed by atoms with Gasteiger partial charge in [-0.1, -0.05) is 33.8 Å². The van der Waals surface area contributed by atoms with E-state index in [1.54, 1.807) is 0 Å². The molecule has 11 nitrogen and oxygen atoms in total. The van der Waals surface area contributed by atoms with Gasteiger partial charge in [0.2, 0.25) is 0 Å². The molecule has 1 rings (SSSR count). The first kappa shape index (κ1) is 31.7. The van der Waals surface area contributed by atoms with Crippen LogP contribution in [0.4, 0.5) is 9.59 Å². The number of ether oxygens (including phenoxy) is 5. The van der Waals surface area contributed by atoms with Gasteiger partial charge >= 0.3 is 24.2 Å². The summed E-state index contributed by atoms with van der Waals surface area (Å²) in [6.07, 6.45) is -1.87. The Morgan fingerprint density at radius 1 is 0.892 bits per heavy atom. The molecule has 0 fully saturated rings. The zero-order valence-corrected chi connectivity index (χ0v) is 22.4. The molecule has 0 radical (unpaired) electrons. The summed E-state index contributed by atoms with van der Waals surface area (Å²) in [4.78, 5) is 47.6. The monoisotopic (exact) mass is 525 g/mol. The molecule has 2 atom stereocenters. The number of carboxylic acids is 1. The molecule has 0 saturated carbocycles. The molecule has 0 amide bonds. The second-order valence-corrected chi connectivity index (χ2v) is 9.81. The number of hydrogen-bond acceptors (Lipinski definition) is 10. The standard InChI is InChI=1S/C26H39NO10/c1-16(2)9-11-33-24(31)36-21-8-7-20(13-22(21)37-25(32)34-12-10-17(3)4)15-26(27,23(29)30)14-18(5)35-19(6)28/h7-8,13,16-18H,9-12,14-15,27H2,1-6H3,(H,29,30)/t18-,26?/m0/s1. The Bertz CT molecular complexity index is 930. The molecule has 0 aliphatic rings. The molecule has 0 aliphatic carbocycles. The number of carbonyl (C=O) groups is 4. The van der Waals surface area contributed by atoms with Crippen LogP contribution in [0.15, 0.2) is 18.2 Å². The second kappa shape index (κ2) is 15.0. The average Bonchev–Trinajstić information content (AvgIpc) is 2.74. The van der Waals surface area contributed by atoms with Gasteiger partial charge < -0.3 is 34.5 Å². The lowest BCUT2D eigenvalue weighted by Crippen LogP contribution is -2.52. The second-order valence-electron chi connectivity index (χ2n) is 9.81. The topological polar surface area (TPSA) is 161 Å². The number of benzene rings is 1. The summed E-state index contributed by atoms with van der Waals surface area (Å²) in [5, 5.41) is 9.77. The van der Waals surface area contributed by atoms with E-state index in [1.165, 1.54) is 32.0 Å². The van der Waals surface area contributed by atoms with Gasteiger partial charge in [-0.2, -0.15) is 0 Å². The van der Waals surface area contributed by atoms with Crippen LogP contribution in [0, 0.1) is 11.8 Å². The van der Waals surface area contributed by atoms with Gasteiger partial charge in [0.25, 0.3) is 0 Å². The van der Waals surface area contributed by atoms with Gasteiger partial charge in [0, 0.05) is 19.8 Å². The van der Waals surface area contributed by atoms with Gasteiger partial charge in [0.05, 0.1) is 13.2 Å². The van der Waals surface area contributed by atoms with Crippen molar-refractivity contribution in [3.8, 4) is 11.5 Å². The Kier molecular flexibility index (Phi) is 12.9. The fourth-order valence-corrected chi connectivity index (χ4v) is 3.26. The molecule has 0 aliphatic heterocycles. The molecular formula is C26H39NO10. The van der Waals surface area contributed by atoms with Crippen molar-refractivity contribution in [1.29, 1.82) is 0 Å². The third-order valence-corrected chi connectivity index (χ3v) is 5.19. The molecule has 11 heteroatoms. The number of carbonyl (C=O) groups excluding carboxylic acids is 3. The highest BCUT2D eigenvalue weighted by Gasteiger charge is 2.37. The highest BCUT2D eigenvalue weighted by molar-refractivity contribution is 5.79. The normalized spacial score (nSPS) is 13.4. The Morgan fingerprint density at radius 3 is 1.86 bits per heavy atom. The van der Waals surface area contributed by atoms with E-state index in [-0.39, 0.29) is 37.6 Å². The van der Waals surface area contributed by atoms with E-state index >= 15 is 0 Å². The first-order valence-corrected chi connectivity index (χ1v) is 12.2. The Morgan fingerprint density at radius 2 is 1.41 bits per heavy atom. The molecule has 0 aromatic heterocycles. The van der Waals surface area contributed by atoms with Gasteiger partial charge in [-0.3, -0.25) is 9.59 Å². The van der Waals surface area contributed by atoms with Gasteiger partial charge in [0.15, 0.2) is 11.5 Å². The minimum atomic E-state index is -1.80. The maximum atomic E-state index is 12.2. The van der Waals surface area contributed by atoms with E-state index in [4.69, 9.17) is 29.4 Å². The van der Waals surface area contributed by atoms with E-state index < -0.39 is 35.9 Å². The highest BCUT2D eigenvalue weighted by atomic mass is 16.7. The van der Waals surface area contributed by atoms with Crippen LogP contribution in [0.3, 0.4) is 0 Å². The maximum absolute atomic E-state index is 12.2. The summed E-state index contributed by atoms with van der Waals surface area (Å²) in [6.45, 7) is 10.9. The molecule has 3 N–H and O–H groups in total. The minimum Gasteiger partial charge on any atom is -0.480 e. The van der Waals surface area contributed by atoms with Crippen molar-refractivity contribution in [2.75, 3.05) is 13.2 Å². The largest absolute Gasteiger partial charge is 0.513 e. The summed E-state index contributed by atoms with van der Waals surface area (Å²) in [5.41, 5.74) is 4.73.